The first-order chi connectivity index (χ1) is 16.9. The summed E-state index contributed by atoms with van der Waals surface area (Å²) in [5.74, 6) is 10.4. The van der Waals surface area contributed by atoms with E-state index in [4.69, 9.17) is 0 Å². The van der Waals surface area contributed by atoms with Gasteiger partial charge in [0.05, 0.1) is 0 Å². The van der Waals surface area contributed by atoms with Crippen molar-refractivity contribution in [3.8, 4) is 11.8 Å². The topological polar surface area (TPSA) is 37.3 Å². The molecule has 0 spiro atoms. The van der Waals surface area contributed by atoms with E-state index in [1.165, 1.54) is 16.7 Å². The smallest absolute Gasteiger partial charge is 0.155 e. The SMILES string of the molecule is CC(C)Cc1ccc([C@H]2C[C@@]3(C)[C@@H](CC[C@@]3(O)C#CC(C)(C)C)[C@@H]3CCC4=CC(=O)CC[C@@H]4[C@H]32)cc1. The van der Waals surface area contributed by atoms with E-state index < -0.39 is 5.60 Å². The Balaban J connectivity index is 1.57. The molecule has 0 amide bonds. The fourth-order valence-electron chi connectivity index (χ4n) is 8.52. The third-order valence-corrected chi connectivity index (χ3v) is 10.2. The molecule has 4 aliphatic rings. The van der Waals surface area contributed by atoms with Crippen LogP contribution in [0.5, 0.6) is 0 Å². The van der Waals surface area contributed by atoms with Crippen LogP contribution < -0.4 is 0 Å². The van der Waals surface area contributed by atoms with Crippen molar-refractivity contribution in [1.82, 2.24) is 0 Å². The number of rotatable bonds is 3. The Morgan fingerprint density at radius 3 is 2.44 bits per heavy atom. The maximum absolute atomic E-state index is 12.3. The van der Waals surface area contributed by atoms with Gasteiger partial charge in [-0.3, -0.25) is 4.79 Å². The average Bonchev–Trinajstić information content (AvgIpc) is 3.07. The van der Waals surface area contributed by atoms with Crippen LogP contribution in [0.2, 0.25) is 0 Å². The third kappa shape index (κ3) is 4.51. The molecule has 0 aliphatic heterocycles. The predicted octanol–water partition coefficient (Wildman–Crippen LogP) is 7.50. The van der Waals surface area contributed by atoms with E-state index in [1.54, 1.807) is 0 Å². The summed E-state index contributed by atoms with van der Waals surface area (Å²) in [7, 11) is 0. The number of fused-ring (bicyclic) bond motifs is 5. The molecule has 7 atom stereocenters. The number of hydrogen-bond acceptors (Lipinski definition) is 2. The summed E-state index contributed by atoms with van der Waals surface area (Å²) in [4.78, 5) is 12.3. The minimum Gasteiger partial charge on any atom is -0.377 e. The van der Waals surface area contributed by atoms with E-state index in [2.05, 4.69) is 77.6 Å². The molecule has 1 aromatic rings. The lowest BCUT2D eigenvalue weighted by Gasteiger charge is -2.58. The molecule has 194 valence electrons. The lowest BCUT2D eigenvalue weighted by atomic mass is 9.46. The predicted molar refractivity (Wildman–Crippen MR) is 147 cm³/mol. The monoisotopic (exact) mass is 486 g/mol. The largest absolute Gasteiger partial charge is 0.377 e. The first-order valence-corrected chi connectivity index (χ1v) is 14.5. The standard InChI is InChI=1S/C34H46O2/c1-22(2)19-23-7-9-24(10-8-23)29-21-33(6)30(15-16-34(33,36)18-17-32(3,4)5)28-13-11-25-20-26(35)12-14-27(25)31(28)29/h7-10,20,22,27-31,36H,11-16,19,21H2,1-6H3/t27-,28-,29+,30-,31+,33-,34+/m0/s1. The van der Waals surface area contributed by atoms with Gasteiger partial charge in [0.25, 0.3) is 0 Å². The molecule has 0 heterocycles. The molecule has 1 N–H and O–H groups in total. The van der Waals surface area contributed by atoms with Crippen molar-refractivity contribution in [2.75, 3.05) is 0 Å². The fourth-order valence-corrected chi connectivity index (χ4v) is 8.52. The summed E-state index contributed by atoms with van der Waals surface area (Å²) in [6.07, 6.45) is 9.84. The summed E-state index contributed by atoms with van der Waals surface area (Å²) in [5.41, 5.74) is 2.99. The van der Waals surface area contributed by atoms with Crippen molar-refractivity contribution < 1.29 is 9.90 Å². The highest BCUT2D eigenvalue weighted by atomic mass is 16.3. The second kappa shape index (κ2) is 9.16. The van der Waals surface area contributed by atoms with Crippen LogP contribution in [0.25, 0.3) is 0 Å². The zero-order valence-electron chi connectivity index (χ0n) is 23.4. The molecule has 2 heteroatoms. The Morgan fingerprint density at radius 2 is 1.78 bits per heavy atom. The van der Waals surface area contributed by atoms with Gasteiger partial charge in [-0.15, -0.1) is 0 Å². The molecule has 36 heavy (non-hydrogen) atoms. The van der Waals surface area contributed by atoms with Crippen LogP contribution in [-0.2, 0) is 11.2 Å². The van der Waals surface area contributed by atoms with Gasteiger partial charge in [-0.1, -0.05) is 62.5 Å². The average molecular weight is 487 g/mol. The van der Waals surface area contributed by atoms with Gasteiger partial charge in [0.15, 0.2) is 5.78 Å². The molecule has 5 rings (SSSR count). The minimum atomic E-state index is -0.926. The van der Waals surface area contributed by atoms with Gasteiger partial charge < -0.3 is 5.11 Å². The van der Waals surface area contributed by atoms with E-state index in [9.17, 15) is 9.90 Å². The molecular weight excluding hydrogens is 440 g/mol. The Labute approximate surface area is 219 Å². The zero-order chi connectivity index (χ0) is 25.9. The van der Waals surface area contributed by atoms with Crippen LogP contribution in [0.15, 0.2) is 35.9 Å². The van der Waals surface area contributed by atoms with E-state index in [0.717, 1.165) is 44.9 Å². The first-order valence-electron chi connectivity index (χ1n) is 14.5. The molecule has 0 unspecified atom stereocenters. The summed E-state index contributed by atoms with van der Waals surface area (Å²) in [6.45, 7) is 13.3. The van der Waals surface area contributed by atoms with Gasteiger partial charge in [0.1, 0.15) is 5.60 Å². The molecule has 3 saturated carbocycles. The summed E-state index contributed by atoms with van der Waals surface area (Å²) in [5, 5.41) is 12.1. The van der Waals surface area contributed by atoms with Gasteiger partial charge in [-0.05, 0) is 118 Å². The van der Waals surface area contributed by atoms with Crippen LogP contribution in [0, 0.1) is 52.3 Å². The van der Waals surface area contributed by atoms with Gasteiger partial charge in [0.2, 0.25) is 0 Å². The summed E-state index contributed by atoms with van der Waals surface area (Å²) >= 11 is 0. The number of ketones is 1. The molecular formula is C34H46O2. The maximum atomic E-state index is 12.3. The van der Waals surface area contributed by atoms with Crippen LogP contribution in [-0.4, -0.2) is 16.5 Å². The number of carbonyl (C=O) groups excluding carboxylic acids is 1. The van der Waals surface area contributed by atoms with E-state index in [1.807, 2.05) is 6.08 Å². The number of benzene rings is 1. The number of allylic oxidation sites excluding steroid dienone is 1. The van der Waals surface area contributed by atoms with Crippen LogP contribution in [0.1, 0.15) is 104 Å². The molecule has 0 saturated heterocycles. The quantitative estimate of drug-likeness (QED) is 0.449. The number of hydrogen-bond donors (Lipinski definition) is 1. The lowest BCUT2D eigenvalue weighted by molar-refractivity contribution is -0.117. The number of aliphatic hydroxyl groups is 1. The highest BCUT2D eigenvalue weighted by Gasteiger charge is 2.64. The second-order valence-corrected chi connectivity index (χ2v) is 14.2. The minimum absolute atomic E-state index is 0.119. The van der Waals surface area contributed by atoms with E-state index in [-0.39, 0.29) is 10.8 Å². The van der Waals surface area contributed by atoms with E-state index in [0.29, 0.717) is 47.7 Å². The molecule has 4 aliphatic carbocycles. The highest BCUT2D eigenvalue weighted by molar-refractivity contribution is 5.91. The van der Waals surface area contributed by atoms with Crippen LogP contribution >= 0.6 is 0 Å². The summed E-state index contributed by atoms with van der Waals surface area (Å²) in [6, 6.07) is 9.43. The molecule has 0 radical (unpaired) electrons. The Kier molecular flexibility index (Phi) is 6.56. The molecule has 0 bridgehead atoms. The zero-order valence-corrected chi connectivity index (χ0v) is 23.4. The van der Waals surface area contributed by atoms with Crippen molar-refractivity contribution in [2.45, 2.75) is 104 Å². The third-order valence-electron chi connectivity index (χ3n) is 10.2. The van der Waals surface area contributed by atoms with Crippen molar-refractivity contribution in [1.29, 1.82) is 0 Å². The van der Waals surface area contributed by atoms with Crippen LogP contribution in [0.4, 0.5) is 0 Å². The van der Waals surface area contributed by atoms with E-state index >= 15 is 0 Å². The Hall–Kier alpha value is -1.85. The molecule has 3 fully saturated rings. The second-order valence-electron chi connectivity index (χ2n) is 14.2. The summed E-state index contributed by atoms with van der Waals surface area (Å²) < 4.78 is 0. The molecule has 0 aromatic heterocycles. The molecule has 1 aromatic carbocycles. The van der Waals surface area contributed by atoms with Crippen LogP contribution in [0.3, 0.4) is 0 Å². The van der Waals surface area contributed by atoms with Crippen molar-refractivity contribution in [2.24, 2.45) is 40.4 Å². The molecule has 2 nitrogen and oxygen atoms in total. The Bertz CT molecular complexity index is 1090. The van der Waals surface area contributed by atoms with Gasteiger partial charge in [0, 0.05) is 17.3 Å². The Morgan fingerprint density at radius 1 is 1.06 bits per heavy atom. The first kappa shape index (κ1) is 25.8. The van der Waals surface area contributed by atoms with Crippen molar-refractivity contribution in [3.63, 3.8) is 0 Å². The van der Waals surface area contributed by atoms with Crippen molar-refractivity contribution >= 4 is 5.78 Å². The van der Waals surface area contributed by atoms with Gasteiger partial charge in [-0.2, -0.15) is 0 Å². The highest BCUT2D eigenvalue weighted by Crippen LogP contribution is 2.68. The lowest BCUT2D eigenvalue weighted by Crippen LogP contribution is -2.54. The normalized spacial score (nSPS) is 37.9. The van der Waals surface area contributed by atoms with Gasteiger partial charge >= 0.3 is 0 Å². The maximum Gasteiger partial charge on any atom is 0.155 e. The number of carbonyl (C=O) groups is 1. The fraction of sp³-hybridized carbons (Fsp3) is 0.676. The van der Waals surface area contributed by atoms with Crippen molar-refractivity contribution in [3.05, 3.63) is 47.0 Å². The van der Waals surface area contributed by atoms with Gasteiger partial charge in [-0.25, -0.2) is 0 Å².